The van der Waals surface area contributed by atoms with Crippen molar-refractivity contribution in [3.05, 3.63) is 66.7 Å². The van der Waals surface area contributed by atoms with Gasteiger partial charge in [0.1, 0.15) is 19.0 Å². The van der Waals surface area contributed by atoms with Crippen molar-refractivity contribution in [2.24, 2.45) is 0 Å². The summed E-state index contributed by atoms with van der Waals surface area (Å²) in [6, 6.07) is 17.2. The van der Waals surface area contributed by atoms with Crippen molar-refractivity contribution < 1.29 is 19.0 Å². The Hall–Kier alpha value is -3.10. The fourth-order valence-corrected chi connectivity index (χ4v) is 2.06. The van der Waals surface area contributed by atoms with Gasteiger partial charge in [0.25, 0.3) is 0 Å². The summed E-state index contributed by atoms with van der Waals surface area (Å²) in [5.74, 6) is 0.293. The van der Waals surface area contributed by atoms with Crippen molar-refractivity contribution in [2.45, 2.75) is 0 Å². The van der Waals surface area contributed by atoms with Crippen LogP contribution in [0.1, 0.15) is 5.56 Å². The van der Waals surface area contributed by atoms with Gasteiger partial charge < -0.3 is 14.2 Å². The van der Waals surface area contributed by atoms with Crippen LogP contribution in [0.25, 0.3) is 11.1 Å². The monoisotopic (exact) mass is 337 g/mol. The molecule has 5 nitrogen and oxygen atoms in total. The van der Waals surface area contributed by atoms with Crippen molar-refractivity contribution >= 4 is 5.97 Å². The van der Waals surface area contributed by atoms with Crippen molar-refractivity contribution in [3.63, 3.8) is 0 Å². The summed E-state index contributed by atoms with van der Waals surface area (Å²) < 4.78 is 15.7. The molecule has 2 aromatic rings. The fraction of sp³-hybridized carbons (Fsp3) is 0.200. The van der Waals surface area contributed by atoms with Gasteiger partial charge in [-0.3, -0.25) is 0 Å². The number of nitriles is 1. The van der Waals surface area contributed by atoms with E-state index in [1.807, 2.05) is 36.4 Å². The van der Waals surface area contributed by atoms with Crippen LogP contribution in [0.2, 0.25) is 0 Å². The first-order valence-corrected chi connectivity index (χ1v) is 7.83. The van der Waals surface area contributed by atoms with E-state index in [1.54, 1.807) is 12.1 Å². The van der Waals surface area contributed by atoms with E-state index in [9.17, 15) is 4.79 Å². The third-order valence-electron chi connectivity index (χ3n) is 3.34. The average Bonchev–Trinajstić information content (AvgIpc) is 2.67. The number of hydrogen-bond acceptors (Lipinski definition) is 5. The molecule has 0 radical (unpaired) electrons. The molecule has 0 N–H and O–H groups in total. The summed E-state index contributed by atoms with van der Waals surface area (Å²) in [6.45, 7) is 4.64. The minimum absolute atomic E-state index is 0.199. The minimum atomic E-state index is -0.456. The van der Waals surface area contributed by atoms with E-state index in [4.69, 9.17) is 19.5 Å². The van der Waals surface area contributed by atoms with Crippen molar-refractivity contribution in [1.29, 1.82) is 5.26 Å². The topological polar surface area (TPSA) is 68.6 Å². The Labute approximate surface area is 147 Å². The molecule has 0 aromatic heterocycles. The molecule has 0 saturated carbocycles. The summed E-state index contributed by atoms with van der Waals surface area (Å²) in [6.07, 6.45) is 1.12. The summed E-state index contributed by atoms with van der Waals surface area (Å²) >= 11 is 0. The zero-order valence-electron chi connectivity index (χ0n) is 13.8. The number of rotatable bonds is 9. The normalized spacial score (nSPS) is 9.88. The number of ether oxygens (including phenoxy) is 3. The molecule has 25 heavy (non-hydrogen) atoms. The number of carbonyl (C=O) groups is 1. The van der Waals surface area contributed by atoms with Crippen LogP contribution in [-0.2, 0) is 14.3 Å². The molecule has 0 amide bonds. The van der Waals surface area contributed by atoms with Gasteiger partial charge in [-0.15, -0.1) is 0 Å². The molecule has 0 saturated heterocycles. The quantitative estimate of drug-likeness (QED) is 0.399. The second-order valence-corrected chi connectivity index (χ2v) is 5.05. The van der Waals surface area contributed by atoms with Crippen molar-refractivity contribution in [2.75, 3.05) is 26.4 Å². The number of esters is 1. The van der Waals surface area contributed by atoms with Gasteiger partial charge in [-0.05, 0) is 35.4 Å². The first kappa shape index (κ1) is 18.2. The van der Waals surface area contributed by atoms with E-state index in [0.29, 0.717) is 25.4 Å². The Morgan fingerprint density at radius 1 is 0.960 bits per heavy atom. The van der Waals surface area contributed by atoms with Gasteiger partial charge in [0, 0.05) is 6.08 Å². The van der Waals surface area contributed by atoms with Crippen LogP contribution < -0.4 is 4.74 Å². The highest BCUT2D eigenvalue weighted by molar-refractivity contribution is 5.81. The first-order chi connectivity index (χ1) is 12.2. The Kier molecular flexibility index (Phi) is 7.23. The lowest BCUT2D eigenvalue weighted by atomic mass is 10.0. The molecule has 2 rings (SSSR count). The third-order valence-corrected chi connectivity index (χ3v) is 3.34. The molecule has 0 atom stereocenters. The molecule has 2 aromatic carbocycles. The highest BCUT2D eigenvalue weighted by atomic mass is 16.6. The van der Waals surface area contributed by atoms with Crippen LogP contribution in [0.3, 0.4) is 0 Å². The standard InChI is InChI=1S/C20H19NO4/c1-2-20(22)25-14-12-23-11-13-24-19-9-7-18(8-10-19)17-5-3-16(15-21)4-6-17/h2-10H,1,11-14H2. The van der Waals surface area contributed by atoms with E-state index in [0.717, 1.165) is 23.0 Å². The lowest BCUT2D eigenvalue weighted by Crippen LogP contribution is -2.12. The lowest BCUT2D eigenvalue weighted by molar-refractivity contribution is -0.139. The molecule has 128 valence electrons. The van der Waals surface area contributed by atoms with E-state index in [-0.39, 0.29) is 6.61 Å². The molecular weight excluding hydrogens is 318 g/mol. The van der Waals surface area contributed by atoms with Gasteiger partial charge in [0.2, 0.25) is 0 Å². The third kappa shape index (κ3) is 6.13. The fourth-order valence-electron chi connectivity index (χ4n) is 2.06. The van der Waals surface area contributed by atoms with Crippen molar-refractivity contribution in [3.8, 4) is 22.9 Å². The van der Waals surface area contributed by atoms with Gasteiger partial charge in [-0.2, -0.15) is 5.26 Å². The van der Waals surface area contributed by atoms with Gasteiger partial charge in [-0.25, -0.2) is 4.79 Å². The second-order valence-electron chi connectivity index (χ2n) is 5.05. The molecule has 0 bridgehead atoms. The zero-order chi connectivity index (χ0) is 17.9. The molecule has 0 spiro atoms. The maximum absolute atomic E-state index is 10.8. The Morgan fingerprint density at radius 2 is 1.56 bits per heavy atom. The summed E-state index contributed by atoms with van der Waals surface area (Å²) in [7, 11) is 0. The predicted octanol–water partition coefficient (Wildman–Crippen LogP) is 3.35. The Morgan fingerprint density at radius 3 is 2.16 bits per heavy atom. The van der Waals surface area contributed by atoms with E-state index in [2.05, 4.69) is 12.6 Å². The molecule has 5 heteroatoms. The van der Waals surface area contributed by atoms with Crippen LogP contribution >= 0.6 is 0 Å². The zero-order valence-corrected chi connectivity index (χ0v) is 13.8. The molecule has 0 aliphatic rings. The van der Waals surface area contributed by atoms with Crippen LogP contribution in [0.4, 0.5) is 0 Å². The number of hydrogen-bond donors (Lipinski definition) is 0. The molecule has 0 heterocycles. The largest absolute Gasteiger partial charge is 0.491 e. The summed E-state index contributed by atoms with van der Waals surface area (Å²) in [5, 5.41) is 8.82. The van der Waals surface area contributed by atoms with E-state index in [1.165, 1.54) is 0 Å². The highest BCUT2D eigenvalue weighted by Gasteiger charge is 2.00. The maximum atomic E-state index is 10.8. The predicted molar refractivity (Wildman–Crippen MR) is 94.1 cm³/mol. The number of nitrogens with zero attached hydrogens (tertiary/aromatic N) is 1. The highest BCUT2D eigenvalue weighted by Crippen LogP contribution is 2.22. The van der Waals surface area contributed by atoms with Crippen LogP contribution in [0.5, 0.6) is 5.75 Å². The maximum Gasteiger partial charge on any atom is 0.330 e. The second kappa shape index (κ2) is 9.91. The van der Waals surface area contributed by atoms with Crippen molar-refractivity contribution in [1.82, 2.24) is 0 Å². The van der Waals surface area contributed by atoms with Crippen LogP contribution in [0, 0.1) is 11.3 Å². The Balaban J connectivity index is 1.70. The van der Waals surface area contributed by atoms with Gasteiger partial charge in [-0.1, -0.05) is 30.8 Å². The van der Waals surface area contributed by atoms with Gasteiger partial charge in [0.15, 0.2) is 0 Å². The smallest absolute Gasteiger partial charge is 0.330 e. The molecule has 0 aliphatic carbocycles. The van der Waals surface area contributed by atoms with Crippen LogP contribution in [0.15, 0.2) is 61.2 Å². The summed E-state index contributed by atoms with van der Waals surface area (Å²) in [5.41, 5.74) is 2.74. The van der Waals surface area contributed by atoms with Gasteiger partial charge >= 0.3 is 5.97 Å². The number of carbonyl (C=O) groups excluding carboxylic acids is 1. The molecule has 0 fully saturated rings. The molecular formula is C20H19NO4. The lowest BCUT2D eigenvalue weighted by Gasteiger charge is -2.08. The van der Waals surface area contributed by atoms with Crippen LogP contribution in [-0.4, -0.2) is 32.4 Å². The Bertz CT molecular complexity index is 730. The van der Waals surface area contributed by atoms with E-state index >= 15 is 0 Å². The number of benzene rings is 2. The minimum Gasteiger partial charge on any atom is -0.491 e. The molecule has 0 unspecified atom stereocenters. The SMILES string of the molecule is C=CC(=O)OCCOCCOc1ccc(-c2ccc(C#N)cc2)cc1. The van der Waals surface area contributed by atoms with Gasteiger partial charge in [0.05, 0.1) is 24.8 Å². The first-order valence-electron chi connectivity index (χ1n) is 7.83. The summed E-state index contributed by atoms with van der Waals surface area (Å²) in [4.78, 5) is 10.8. The van der Waals surface area contributed by atoms with E-state index < -0.39 is 5.97 Å². The molecule has 0 aliphatic heterocycles. The average molecular weight is 337 g/mol.